The average molecular weight is 275 g/mol. The van der Waals surface area contributed by atoms with Gasteiger partial charge in [-0.3, -0.25) is 0 Å². The molecule has 0 bridgehead atoms. The standard InChI is InChI=1S/C15H34O2Si/c1-7-11-12-13-15(17-14(5)16-6)18(8-2,9-3)10-4/h14-15H,7-13H2,1-6H3/t14-,15-/m0/s1. The summed E-state index contributed by atoms with van der Waals surface area (Å²) in [5.74, 6) is 0. The first-order valence-corrected chi connectivity index (χ1v) is 10.5. The second-order valence-electron chi connectivity index (χ2n) is 5.35. The smallest absolute Gasteiger partial charge is 0.154 e. The second kappa shape index (κ2) is 9.99. The molecule has 2 atom stereocenters. The highest BCUT2D eigenvalue weighted by molar-refractivity contribution is 6.80. The maximum absolute atomic E-state index is 6.22. The van der Waals surface area contributed by atoms with Gasteiger partial charge in [0, 0.05) is 7.11 Å². The van der Waals surface area contributed by atoms with Crippen LogP contribution in [0.3, 0.4) is 0 Å². The van der Waals surface area contributed by atoms with Crippen LogP contribution in [-0.4, -0.2) is 27.2 Å². The molecular formula is C15H34O2Si. The van der Waals surface area contributed by atoms with Crippen molar-refractivity contribution in [2.45, 2.75) is 90.5 Å². The molecule has 0 aromatic carbocycles. The van der Waals surface area contributed by atoms with Gasteiger partial charge in [-0.1, -0.05) is 65.1 Å². The van der Waals surface area contributed by atoms with Crippen molar-refractivity contribution >= 4 is 8.07 Å². The Morgan fingerprint density at radius 3 is 1.89 bits per heavy atom. The third-order valence-corrected chi connectivity index (χ3v) is 10.6. The minimum atomic E-state index is -1.28. The lowest BCUT2D eigenvalue weighted by Crippen LogP contribution is -2.48. The summed E-state index contributed by atoms with van der Waals surface area (Å²) in [5.41, 5.74) is 0.471. The molecular weight excluding hydrogens is 240 g/mol. The van der Waals surface area contributed by atoms with E-state index < -0.39 is 8.07 Å². The van der Waals surface area contributed by atoms with Crippen molar-refractivity contribution in [2.75, 3.05) is 7.11 Å². The fraction of sp³-hybridized carbons (Fsp3) is 1.00. The highest BCUT2D eigenvalue weighted by atomic mass is 28.3. The van der Waals surface area contributed by atoms with Crippen LogP contribution in [0.15, 0.2) is 0 Å². The van der Waals surface area contributed by atoms with E-state index in [0.29, 0.717) is 5.73 Å². The van der Waals surface area contributed by atoms with Crippen LogP contribution in [0, 0.1) is 0 Å². The van der Waals surface area contributed by atoms with E-state index in [1.54, 1.807) is 7.11 Å². The van der Waals surface area contributed by atoms with Gasteiger partial charge in [-0.2, -0.15) is 0 Å². The lowest BCUT2D eigenvalue weighted by molar-refractivity contribution is -0.127. The van der Waals surface area contributed by atoms with Gasteiger partial charge in [0.05, 0.1) is 13.8 Å². The zero-order chi connectivity index (χ0) is 14.0. The summed E-state index contributed by atoms with van der Waals surface area (Å²) in [4.78, 5) is 0. The predicted molar refractivity (Wildman–Crippen MR) is 82.7 cm³/mol. The highest BCUT2D eigenvalue weighted by Crippen LogP contribution is 2.30. The van der Waals surface area contributed by atoms with Gasteiger partial charge < -0.3 is 9.47 Å². The SMILES string of the molecule is CCCCC[C@@H](O[C@@H](C)OC)[Si](CC)(CC)CC. The van der Waals surface area contributed by atoms with Crippen molar-refractivity contribution in [1.82, 2.24) is 0 Å². The molecule has 0 aliphatic carbocycles. The molecule has 0 aromatic heterocycles. The first kappa shape index (κ1) is 18.1. The monoisotopic (exact) mass is 274 g/mol. The fourth-order valence-electron chi connectivity index (χ4n) is 2.82. The van der Waals surface area contributed by atoms with E-state index >= 15 is 0 Å². The number of hydrogen-bond acceptors (Lipinski definition) is 2. The maximum atomic E-state index is 6.22. The van der Waals surface area contributed by atoms with Crippen LogP contribution >= 0.6 is 0 Å². The predicted octanol–water partition coefficient (Wildman–Crippen LogP) is 4.99. The zero-order valence-electron chi connectivity index (χ0n) is 13.4. The van der Waals surface area contributed by atoms with E-state index in [1.807, 2.05) is 6.92 Å². The molecule has 18 heavy (non-hydrogen) atoms. The Morgan fingerprint density at radius 1 is 0.944 bits per heavy atom. The van der Waals surface area contributed by atoms with Crippen LogP contribution in [0.4, 0.5) is 0 Å². The van der Waals surface area contributed by atoms with Crippen LogP contribution in [0.25, 0.3) is 0 Å². The van der Waals surface area contributed by atoms with Gasteiger partial charge in [-0.25, -0.2) is 0 Å². The van der Waals surface area contributed by atoms with E-state index in [9.17, 15) is 0 Å². The quantitative estimate of drug-likeness (QED) is 0.300. The minimum Gasteiger partial charge on any atom is -0.356 e. The third kappa shape index (κ3) is 5.41. The van der Waals surface area contributed by atoms with Gasteiger partial charge in [0.2, 0.25) is 0 Å². The number of ether oxygens (including phenoxy) is 2. The second-order valence-corrected chi connectivity index (χ2v) is 10.8. The van der Waals surface area contributed by atoms with Crippen LogP contribution in [0.1, 0.15) is 60.3 Å². The molecule has 0 radical (unpaired) electrons. The molecule has 0 rings (SSSR count). The number of hydrogen-bond donors (Lipinski definition) is 0. The molecule has 0 spiro atoms. The first-order chi connectivity index (χ1) is 8.60. The molecule has 0 saturated heterocycles. The van der Waals surface area contributed by atoms with Crippen molar-refractivity contribution in [3.05, 3.63) is 0 Å². The van der Waals surface area contributed by atoms with Crippen molar-refractivity contribution in [1.29, 1.82) is 0 Å². The summed E-state index contributed by atoms with van der Waals surface area (Å²) in [7, 11) is 0.459. The number of unbranched alkanes of at least 4 members (excludes halogenated alkanes) is 2. The number of methoxy groups -OCH3 is 1. The van der Waals surface area contributed by atoms with E-state index in [2.05, 4.69) is 27.7 Å². The molecule has 0 aromatic rings. The van der Waals surface area contributed by atoms with Crippen LogP contribution in [0.2, 0.25) is 18.1 Å². The Hall–Kier alpha value is 0.137. The van der Waals surface area contributed by atoms with Gasteiger partial charge in [-0.15, -0.1) is 0 Å². The largest absolute Gasteiger partial charge is 0.356 e. The lowest BCUT2D eigenvalue weighted by Gasteiger charge is -2.38. The molecule has 3 heteroatoms. The minimum absolute atomic E-state index is 0.0619. The summed E-state index contributed by atoms with van der Waals surface area (Å²) in [6, 6.07) is 3.98. The molecule has 0 saturated carbocycles. The van der Waals surface area contributed by atoms with E-state index in [4.69, 9.17) is 9.47 Å². The van der Waals surface area contributed by atoms with E-state index in [-0.39, 0.29) is 6.29 Å². The summed E-state index contributed by atoms with van der Waals surface area (Å²) < 4.78 is 11.5. The number of rotatable bonds is 11. The Balaban J connectivity index is 4.68. The van der Waals surface area contributed by atoms with E-state index in [0.717, 1.165) is 0 Å². The Morgan fingerprint density at radius 2 is 1.50 bits per heavy atom. The van der Waals surface area contributed by atoms with Crippen molar-refractivity contribution in [2.24, 2.45) is 0 Å². The molecule has 2 nitrogen and oxygen atoms in total. The average Bonchev–Trinajstić information content (AvgIpc) is 2.41. The third-order valence-electron chi connectivity index (χ3n) is 4.55. The van der Waals surface area contributed by atoms with Crippen molar-refractivity contribution < 1.29 is 9.47 Å². The molecule has 0 aliphatic heterocycles. The highest BCUT2D eigenvalue weighted by Gasteiger charge is 2.37. The van der Waals surface area contributed by atoms with Crippen molar-refractivity contribution in [3.63, 3.8) is 0 Å². The Bertz CT molecular complexity index is 185. The van der Waals surface area contributed by atoms with Crippen LogP contribution in [-0.2, 0) is 9.47 Å². The topological polar surface area (TPSA) is 18.5 Å². The van der Waals surface area contributed by atoms with Crippen LogP contribution in [0.5, 0.6) is 0 Å². The molecule has 0 N–H and O–H groups in total. The van der Waals surface area contributed by atoms with Gasteiger partial charge >= 0.3 is 0 Å². The maximum Gasteiger partial charge on any atom is 0.154 e. The lowest BCUT2D eigenvalue weighted by atomic mass is 10.2. The van der Waals surface area contributed by atoms with E-state index in [1.165, 1.54) is 43.8 Å². The molecule has 110 valence electrons. The molecule has 0 aliphatic rings. The van der Waals surface area contributed by atoms with Crippen LogP contribution < -0.4 is 0 Å². The van der Waals surface area contributed by atoms with Gasteiger partial charge in [0.25, 0.3) is 0 Å². The van der Waals surface area contributed by atoms with Gasteiger partial charge in [0.15, 0.2) is 6.29 Å². The van der Waals surface area contributed by atoms with Gasteiger partial charge in [-0.05, 0) is 13.3 Å². The first-order valence-electron chi connectivity index (χ1n) is 7.78. The normalized spacial score (nSPS) is 15.7. The fourth-order valence-corrected chi connectivity index (χ4v) is 6.98. The zero-order valence-corrected chi connectivity index (χ0v) is 14.4. The molecule has 0 fully saturated rings. The molecule has 0 heterocycles. The van der Waals surface area contributed by atoms with Gasteiger partial charge in [0.1, 0.15) is 0 Å². The summed E-state index contributed by atoms with van der Waals surface area (Å²) in [6.45, 7) is 11.3. The molecule has 0 unspecified atom stereocenters. The molecule has 0 amide bonds. The summed E-state index contributed by atoms with van der Waals surface area (Å²) >= 11 is 0. The summed E-state index contributed by atoms with van der Waals surface area (Å²) in [5, 5.41) is 0. The summed E-state index contributed by atoms with van der Waals surface area (Å²) in [6.07, 6.45) is 5.07. The Labute approximate surface area is 115 Å². The van der Waals surface area contributed by atoms with Crippen molar-refractivity contribution in [3.8, 4) is 0 Å². The Kier molecular flexibility index (Phi) is 10.1.